The Morgan fingerprint density at radius 1 is 1.00 bits per heavy atom. The van der Waals surface area contributed by atoms with Gasteiger partial charge in [-0.2, -0.15) is 0 Å². The van der Waals surface area contributed by atoms with Crippen LogP contribution in [0.3, 0.4) is 0 Å². The van der Waals surface area contributed by atoms with Crippen molar-refractivity contribution in [1.82, 2.24) is 0 Å². The highest BCUT2D eigenvalue weighted by atomic mass is 16.4. The molecule has 9 N–H and O–H groups in total. The third-order valence-electron chi connectivity index (χ3n) is 3.33. The molecule has 0 fully saturated rings. The fourth-order valence-corrected chi connectivity index (χ4v) is 1.81. The van der Waals surface area contributed by atoms with E-state index in [4.69, 9.17) is 11.6 Å². The molecule has 0 amide bonds. The molecule has 0 aliphatic carbocycles. The summed E-state index contributed by atoms with van der Waals surface area (Å²) < 4.78 is 7.46. The van der Waals surface area contributed by atoms with Gasteiger partial charge in [-0.15, -0.1) is 0 Å². The first-order valence-electron chi connectivity index (χ1n) is 7.29. The van der Waals surface area contributed by atoms with Gasteiger partial charge < -0.3 is 46.0 Å². The van der Waals surface area contributed by atoms with Gasteiger partial charge in [0.15, 0.2) is 34.9 Å². The minimum atomic E-state index is -2.68. The van der Waals surface area contributed by atoms with E-state index >= 15 is 0 Å². The number of carbonyl (C=O) groups is 2. The van der Waals surface area contributed by atoms with Crippen molar-refractivity contribution in [3.63, 3.8) is 0 Å². The number of aromatic hydroxyl groups is 3. The van der Waals surface area contributed by atoms with Gasteiger partial charge in [0, 0.05) is 5.56 Å². The van der Waals surface area contributed by atoms with Crippen molar-refractivity contribution in [2.45, 2.75) is 30.5 Å². The second-order valence-corrected chi connectivity index (χ2v) is 5.11. The van der Waals surface area contributed by atoms with Crippen LogP contribution in [0.25, 0.3) is 0 Å². The summed E-state index contributed by atoms with van der Waals surface area (Å²) in [6.45, 7) is -1.02. The SMILES string of the molecule is [2H]c1c(C(=O)C(O)C(=O)[C@@H](O)[C@H](O)[C@H](O)[C@H](O)CO)cc(O)c(O)c1O. The van der Waals surface area contributed by atoms with Gasteiger partial charge in [0.1, 0.15) is 24.4 Å². The lowest BCUT2D eigenvalue weighted by Crippen LogP contribution is -2.52. The summed E-state index contributed by atoms with van der Waals surface area (Å²) in [6, 6.07) is -0.536. The maximum absolute atomic E-state index is 12.1. The summed E-state index contributed by atoms with van der Waals surface area (Å²) >= 11 is 0. The summed E-state index contributed by atoms with van der Waals surface area (Å²) in [6.07, 6.45) is -11.7. The van der Waals surface area contributed by atoms with Crippen LogP contribution in [0.5, 0.6) is 17.2 Å². The van der Waals surface area contributed by atoms with E-state index in [1.807, 2.05) is 0 Å². The molecule has 0 saturated carbocycles. The summed E-state index contributed by atoms with van der Waals surface area (Å²) in [5, 5.41) is 84.2. The normalized spacial score (nSPS) is 17.9. The molecule has 140 valence electrons. The molecule has 11 heteroatoms. The monoisotopic (exact) mass is 363 g/mol. The molecule has 0 heterocycles. The fraction of sp³-hybridized carbons (Fsp3) is 0.429. The number of Topliss-reactive ketones (excluding diaryl/α,β-unsaturated/α-hetero) is 2. The van der Waals surface area contributed by atoms with Crippen LogP contribution in [-0.2, 0) is 4.79 Å². The van der Waals surface area contributed by atoms with Crippen molar-refractivity contribution in [2.24, 2.45) is 0 Å². The Labute approximate surface area is 141 Å². The van der Waals surface area contributed by atoms with Gasteiger partial charge in [-0.3, -0.25) is 9.59 Å². The molecule has 1 unspecified atom stereocenters. The number of ketones is 2. The van der Waals surface area contributed by atoms with Crippen LogP contribution < -0.4 is 0 Å². The van der Waals surface area contributed by atoms with Gasteiger partial charge >= 0.3 is 0 Å². The second kappa shape index (κ2) is 8.20. The van der Waals surface area contributed by atoms with E-state index in [2.05, 4.69) is 0 Å². The predicted molar refractivity (Wildman–Crippen MR) is 77.9 cm³/mol. The van der Waals surface area contributed by atoms with Gasteiger partial charge in [0.25, 0.3) is 0 Å². The number of rotatable bonds is 8. The van der Waals surface area contributed by atoms with Crippen LogP contribution in [0.15, 0.2) is 12.1 Å². The Morgan fingerprint density at radius 2 is 1.56 bits per heavy atom. The van der Waals surface area contributed by atoms with E-state index in [1.54, 1.807) is 0 Å². The van der Waals surface area contributed by atoms with E-state index in [0.717, 1.165) is 0 Å². The molecule has 0 bridgehead atoms. The first-order valence-corrected chi connectivity index (χ1v) is 6.79. The molecule has 25 heavy (non-hydrogen) atoms. The number of phenols is 3. The lowest BCUT2D eigenvalue weighted by Gasteiger charge is -2.25. The lowest BCUT2D eigenvalue weighted by molar-refractivity contribution is -0.152. The number of phenolic OH excluding ortho intramolecular Hbond substituents is 3. The summed E-state index contributed by atoms with van der Waals surface area (Å²) in [4.78, 5) is 24.0. The Kier molecular flexibility index (Phi) is 6.25. The number of aliphatic hydroxyl groups excluding tert-OH is 6. The standard InChI is InChI=1S/C14H18O11/c15-3-7(18)10(21)12(23)14(25)13(24)11(22)8(19)4-1-5(16)9(20)6(17)2-4/h1-2,7,10-12,14-18,20-23,25H,3H2/t7-,10-,11?,12-,14+/m1/s1/i1D. The molecule has 0 aliphatic rings. The highest BCUT2D eigenvalue weighted by Crippen LogP contribution is 2.35. The second-order valence-electron chi connectivity index (χ2n) is 5.11. The van der Waals surface area contributed by atoms with Crippen LogP contribution in [0, 0.1) is 0 Å². The number of carbonyl (C=O) groups excluding carboxylic acids is 2. The third-order valence-corrected chi connectivity index (χ3v) is 3.33. The molecule has 11 nitrogen and oxygen atoms in total. The molecule has 0 aliphatic heterocycles. The molecule has 1 rings (SSSR count). The van der Waals surface area contributed by atoms with E-state index in [1.165, 1.54) is 0 Å². The predicted octanol–water partition coefficient (Wildman–Crippen LogP) is -3.65. The van der Waals surface area contributed by atoms with Crippen LogP contribution >= 0.6 is 0 Å². The van der Waals surface area contributed by atoms with Crippen molar-refractivity contribution in [3.8, 4) is 17.2 Å². The van der Waals surface area contributed by atoms with E-state index in [0.29, 0.717) is 6.07 Å². The topological polar surface area (TPSA) is 216 Å². The van der Waals surface area contributed by atoms with Crippen molar-refractivity contribution in [2.75, 3.05) is 6.61 Å². The average molecular weight is 363 g/mol. The minimum absolute atomic E-state index is 0.489. The molecular weight excluding hydrogens is 344 g/mol. The lowest BCUT2D eigenvalue weighted by atomic mass is 9.94. The Morgan fingerprint density at radius 3 is 2.08 bits per heavy atom. The zero-order chi connectivity index (χ0) is 20.3. The zero-order valence-corrected chi connectivity index (χ0v) is 12.5. The van der Waals surface area contributed by atoms with Gasteiger partial charge in [-0.25, -0.2) is 0 Å². The Bertz CT molecular complexity index is 692. The highest BCUT2D eigenvalue weighted by Gasteiger charge is 2.39. The maximum Gasteiger partial charge on any atom is 0.200 e. The number of hydrogen-bond acceptors (Lipinski definition) is 11. The molecule has 1 aromatic carbocycles. The van der Waals surface area contributed by atoms with Gasteiger partial charge in [0.05, 0.1) is 7.98 Å². The number of benzene rings is 1. The first kappa shape index (κ1) is 19.1. The minimum Gasteiger partial charge on any atom is -0.504 e. The molecule has 5 atom stereocenters. The van der Waals surface area contributed by atoms with Crippen molar-refractivity contribution < 1.29 is 56.9 Å². The molecule has 0 spiro atoms. The molecule has 1 aromatic rings. The smallest absolute Gasteiger partial charge is 0.200 e. The number of aliphatic hydroxyl groups is 6. The van der Waals surface area contributed by atoms with Crippen molar-refractivity contribution in [3.05, 3.63) is 17.7 Å². The van der Waals surface area contributed by atoms with Crippen molar-refractivity contribution >= 4 is 11.6 Å². The molecule has 0 aromatic heterocycles. The summed E-state index contributed by atoms with van der Waals surface area (Å²) in [5.74, 6) is -6.62. The first-order chi connectivity index (χ1) is 11.9. The molecule has 0 saturated heterocycles. The van der Waals surface area contributed by atoms with Crippen molar-refractivity contribution in [1.29, 1.82) is 0 Å². The number of hydrogen-bond donors (Lipinski definition) is 9. The van der Waals surface area contributed by atoms with E-state index < -0.39 is 77.5 Å². The average Bonchev–Trinajstić information content (AvgIpc) is 2.64. The van der Waals surface area contributed by atoms with E-state index in [-0.39, 0.29) is 0 Å². The Hall–Kier alpha value is -2.28. The van der Waals surface area contributed by atoms with Crippen LogP contribution in [0.4, 0.5) is 0 Å². The van der Waals surface area contributed by atoms with Crippen LogP contribution in [0.2, 0.25) is 0 Å². The van der Waals surface area contributed by atoms with Gasteiger partial charge in [-0.05, 0) is 12.1 Å². The van der Waals surface area contributed by atoms with Gasteiger partial charge in [-0.1, -0.05) is 0 Å². The molecular formula is C14H18O11. The van der Waals surface area contributed by atoms with Gasteiger partial charge in [0.2, 0.25) is 0 Å². The maximum atomic E-state index is 12.1. The highest BCUT2D eigenvalue weighted by molar-refractivity contribution is 6.14. The summed E-state index contributed by atoms with van der Waals surface area (Å²) in [7, 11) is 0. The molecule has 0 radical (unpaired) electrons. The van der Waals surface area contributed by atoms with Crippen LogP contribution in [-0.4, -0.2) is 94.7 Å². The largest absolute Gasteiger partial charge is 0.504 e. The quantitative estimate of drug-likeness (QED) is 0.125. The third kappa shape index (κ3) is 4.42. The summed E-state index contributed by atoms with van der Waals surface area (Å²) in [5.41, 5.74) is -0.878. The zero-order valence-electron chi connectivity index (χ0n) is 13.5. The van der Waals surface area contributed by atoms with Crippen LogP contribution in [0.1, 0.15) is 11.7 Å². The van der Waals surface area contributed by atoms with E-state index in [9.17, 15) is 45.3 Å². The fourth-order valence-electron chi connectivity index (χ4n) is 1.81. The Balaban J connectivity index is 3.07.